The fraction of sp³-hybridized carbons (Fsp3) is 0.0714. The molecule has 0 aliphatic heterocycles. The molecule has 0 spiro atoms. The maximum Gasteiger partial charge on any atom is 0.358 e. The van der Waals surface area contributed by atoms with Crippen LogP contribution in [0.15, 0.2) is 90.9 Å². The molecule has 242 valence electrons. The van der Waals surface area contributed by atoms with Crippen LogP contribution < -0.4 is 0 Å². The summed E-state index contributed by atoms with van der Waals surface area (Å²) in [6.45, 7) is 3.50. The lowest BCUT2D eigenvalue weighted by atomic mass is 10.1. The van der Waals surface area contributed by atoms with Crippen molar-refractivity contribution in [3.63, 3.8) is 0 Å². The predicted molar refractivity (Wildman–Crippen MR) is 163 cm³/mol. The van der Waals surface area contributed by atoms with Crippen molar-refractivity contribution in [2.24, 2.45) is 20.5 Å². The first-order valence-electron chi connectivity index (χ1n) is 13.0. The van der Waals surface area contributed by atoms with Gasteiger partial charge in [-0.15, -0.1) is 15.3 Å². The maximum atomic E-state index is 12.2. The zero-order valence-electron chi connectivity index (χ0n) is 24.0. The van der Waals surface area contributed by atoms with E-state index in [9.17, 15) is 51.2 Å². The Balaban J connectivity index is 1.58. The molecule has 0 saturated heterocycles. The van der Waals surface area contributed by atoms with Crippen molar-refractivity contribution in [1.82, 2.24) is 9.78 Å². The first kappa shape index (κ1) is 32.6. The van der Waals surface area contributed by atoms with Crippen molar-refractivity contribution in [2.45, 2.75) is 23.6 Å². The number of phenolic OH excluding ortho intramolecular Hbond substituents is 2. The van der Waals surface area contributed by atoms with Crippen LogP contribution in [-0.4, -0.2) is 62.1 Å². The smallest absolute Gasteiger partial charge is 0.358 e. The number of rotatable bonds is 8. The normalized spacial score (nSPS) is 12.4. The second kappa shape index (κ2) is 11.9. The second-order valence-electron chi connectivity index (χ2n) is 9.98. The van der Waals surface area contributed by atoms with E-state index in [-0.39, 0.29) is 33.6 Å². The third-order valence-corrected chi connectivity index (χ3v) is 8.58. The van der Waals surface area contributed by atoms with Gasteiger partial charge in [0.15, 0.2) is 11.4 Å². The number of hydrogen-bond donors (Lipinski definition) is 6. The Labute approximate surface area is 264 Å². The summed E-state index contributed by atoms with van der Waals surface area (Å²) in [5.41, 5.74) is -0.542. The van der Waals surface area contributed by atoms with Gasteiger partial charge in [-0.3, -0.25) is 9.11 Å². The molecule has 6 N–H and O–H groups in total. The molecule has 0 aliphatic rings. The minimum Gasteiger partial charge on any atom is -0.506 e. The van der Waals surface area contributed by atoms with E-state index in [1.54, 1.807) is 13.8 Å². The van der Waals surface area contributed by atoms with Gasteiger partial charge in [-0.05, 0) is 85.0 Å². The number of fused-ring (bicyclic) bond motifs is 1. The average Bonchev–Trinajstić information content (AvgIpc) is 3.33. The van der Waals surface area contributed by atoms with Crippen LogP contribution in [0.1, 0.15) is 21.6 Å². The molecule has 5 rings (SSSR count). The summed E-state index contributed by atoms with van der Waals surface area (Å²) in [5.74, 6) is -3.39. The molecule has 1 heterocycles. The van der Waals surface area contributed by atoms with Crippen LogP contribution in [0, 0.1) is 13.8 Å². The summed E-state index contributed by atoms with van der Waals surface area (Å²) in [5, 5.41) is 60.9. The molecule has 0 unspecified atom stereocenters. The Hall–Kier alpha value is -5.76. The van der Waals surface area contributed by atoms with E-state index in [2.05, 4.69) is 25.6 Å². The molecule has 0 saturated carbocycles. The highest BCUT2D eigenvalue weighted by Gasteiger charge is 2.25. The van der Waals surface area contributed by atoms with E-state index >= 15 is 0 Å². The number of aryl methyl sites for hydroxylation is 2. The van der Waals surface area contributed by atoms with Gasteiger partial charge >= 0.3 is 5.97 Å². The summed E-state index contributed by atoms with van der Waals surface area (Å²) in [6, 6.07) is 12.1. The molecule has 19 heteroatoms. The SMILES string of the molecule is Cc1cc(O)c(N=Nc2c(S(=O)(=O)O)cc3ccc(N=Nc4c(C(=O)O)nn(-c5ccc(S(=O)(=O)O)cc5)c4O)cc3c2O)cc1C. The number of nitrogens with zero attached hydrogens (tertiary/aromatic N) is 6. The predicted octanol–water partition coefficient (Wildman–Crippen LogP) is 5.78. The summed E-state index contributed by atoms with van der Waals surface area (Å²) in [4.78, 5) is 10.6. The summed E-state index contributed by atoms with van der Waals surface area (Å²) < 4.78 is 66.8. The van der Waals surface area contributed by atoms with Crippen LogP contribution in [0.2, 0.25) is 0 Å². The van der Waals surface area contributed by atoms with Crippen molar-refractivity contribution in [1.29, 1.82) is 0 Å². The number of azo groups is 2. The van der Waals surface area contributed by atoms with Crippen LogP contribution in [0.5, 0.6) is 17.4 Å². The molecule has 0 fully saturated rings. The summed E-state index contributed by atoms with van der Waals surface area (Å²) >= 11 is 0. The third kappa shape index (κ3) is 6.49. The van der Waals surface area contributed by atoms with Gasteiger partial charge in [0.2, 0.25) is 11.6 Å². The van der Waals surface area contributed by atoms with Crippen molar-refractivity contribution < 1.29 is 51.2 Å². The highest BCUT2D eigenvalue weighted by molar-refractivity contribution is 7.86. The first-order valence-corrected chi connectivity index (χ1v) is 15.9. The molecule has 17 nitrogen and oxygen atoms in total. The second-order valence-corrected chi connectivity index (χ2v) is 12.8. The molecule has 47 heavy (non-hydrogen) atoms. The third-order valence-electron chi connectivity index (χ3n) is 6.85. The number of hydrogen-bond acceptors (Lipinski definition) is 13. The number of carboxylic acids is 1. The first-order chi connectivity index (χ1) is 22.0. The Morgan fingerprint density at radius 2 is 1.40 bits per heavy atom. The topological polar surface area (TPSA) is 274 Å². The van der Waals surface area contributed by atoms with E-state index in [1.807, 2.05) is 0 Å². The Bertz CT molecular complexity index is 2390. The Kier molecular flexibility index (Phi) is 8.24. The van der Waals surface area contributed by atoms with Crippen LogP contribution in [0.25, 0.3) is 16.5 Å². The number of benzene rings is 4. The van der Waals surface area contributed by atoms with Gasteiger partial charge in [-0.1, -0.05) is 6.07 Å². The standard InChI is InChI=1S/C28H22N6O11S2/c1-13-9-20(21(35)10-14(13)2)30-31-23-22(47(43,44)45)11-15-3-4-16(12-19(15)26(23)36)29-32-24-25(28(38)39)33-34(27(24)37)17-5-7-18(8-6-17)46(40,41)42/h3-12,35-37H,1-2H3,(H,38,39)(H,40,41,42)(H,43,44,45). The molecular weight excluding hydrogens is 660 g/mol. The molecule has 0 radical (unpaired) electrons. The fourth-order valence-corrected chi connectivity index (χ4v) is 5.48. The summed E-state index contributed by atoms with van der Waals surface area (Å²) in [6.07, 6.45) is 0. The number of aromatic nitrogens is 2. The Morgan fingerprint density at radius 3 is 2.02 bits per heavy atom. The lowest BCUT2D eigenvalue weighted by molar-refractivity contribution is 0.0690. The number of phenols is 2. The van der Waals surface area contributed by atoms with E-state index in [0.717, 1.165) is 46.1 Å². The number of aromatic hydroxyl groups is 3. The molecule has 1 aromatic heterocycles. The van der Waals surface area contributed by atoms with Crippen molar-refractivity contribution in [3.05, 3.63) is 77.5 Å². The van der Waals surface area contributed by atoms with Gasteiger partial charge < -0.3 is 20.4 Å². The average molecular weight is 683 g/mol. The molecule has 0 bridgehead atoms. The maximum absolute atomic E-state index is 12.2. The number of carbonyl (C=O) groups is 1. The van der Waals surface area contributed by atoms with Gasteiger partial charge in [0, 0.05) is 5.39 Å². The van der Waals surface area contributed by atoms with Crippen molar-refractivity contribution in [3.8, 4) is 23.1 Å². The van der Waals surface area contributed by atoms with Gasteiger partial charge in [0.25, 0.3) is 20.2 Å². The minimum atomic E-state index is -4.93. The van der Waals surface area contributed by atoms with Crippen molar-refractivity contribution >= 4 is 59.7 Å². The van der Waals surface area contributed by atoms with Crippen LogP contribution >= 0.6 is 0 Å². The molecular formula is C28H22N6O11S2. The lowest BCUT2D eigenvalue weighted by Gasteiger charge is -2.09. The molecule has 5 aromatic rings. The quantitative estimate of drug-likeness (QED) is 0.0839. The largest absolute Gasteiger partial charge is 0.506 e. The van der Waals surface area contributed by atoms with E-state index in [4.69, 9.17) is 0 Å². The molecule has 0 atom stereocenters. The Morgan fingerprint density at radius 1 is 0.766 bits per heavy atom. The van der Waals surface area contributed by atoms with Crippen LogP contribution in [0.4, 0.5) is 22.7 Å². The highest BCUT2D eigenvalue weighted by atomic mass is 32.2. The monoisotopic (exact) mass is 682 g/mol. The van der Waals surface area contributed by atoms with Crippen LogP contribution in [-0.2, 0) is 20.2 Å². The zero-order valence-corrected chi connectivity index (χ0v) is 25.6. The van der Waals surface area contributed by atoms with E-state index in [1.165, 1.54) is 30.3 Å². The van der Waals surface area contributed by atoms with E-state index < -0.39 is 64.7 Å². The van der Waals surface area contributed by atoms with Gasteiger partial charge in [-0.25, -0.2) is 4.79 Å². The molecule has 0 amide bonds. The minimum absolute atomic E-state index is 0.0138. The van der Waals surface area contributed by atoms with Crippen molar-refractivity contribution in [2.75, 3.05) is 0 Å². The van der Waals surface area contributed by atoms with E-state index in [0.29, 0.717) is 0 Å². The highest BCUT2D eigenvalue weighted by Crippen LogP contribution is 2.43. The number of aromatic carboxylic acids is 1. The lowest BCUT2D eigenvalue weighted by Crippen LogP contribution is -2.02. The fourth-order valence-electron chi connectivity index (χ4n) is 4.34. The number of carboxylic acid groups (broad SMARTS) is 1. The summed E-state index contributed by atoms with van der Waals surface area (Å²) in [7, 11) is -9.46. The molecule has 4 aromatic carbocycles. The van der Waals surface area contributed by atoms with Gasteiger partial charge in [-0.2, -0.15) is 31.7 Å². The van der Waals surface area contributed by atoms with Crippen LogP contribution in [0.3, 0.4) is 0 Å². The van der Waals surface area contributed by atoms with Gasteiger partial charge in [0.1, 0.15) is 22.0 Å². The van der Waals surface area contributed by atoms with Gasteiger partial charge in [0.05, 0.1) is 16.3 Å². The zero-order chi connectivity index (χ0) is 34.4. The molecule has 0 aliphatic carbocycles.